The maximum Gasteiger partial charge on any atom is 1.00 e. The van der Waals surface area contributed by atoms with Gasteiger partial charge in [0.1, 0.15) is 0 Å². The summed E-state index contributed by atoms with van der Waals surface area (Å²) in [6.45, 7) is 1.13. The number of carboxylic acid groups (broad SMARTS) is 1. The van der Waals surface area contributed by atoms with Crippen molar-refractivity contribution in [3.8, 4) is 0 Å². The molecule has 0 rings (SSSR count). The fourth-order valence-electron chi connectivity index (χ4n) is 0. The average molecular weight is 145 g/mol. The number of carbonyl (C=O) groups excluding carboxylic acids is 1. The monoisotopic (exact) mass is 145 g/mol. The van der Waals surface area contributed by atoms with Crippen LogP contribution in [-0.4, -0.2) is 17.2 Å². The van der Waals surface area contributed by atoms with E-state index in [4.69, 9.17) is 5.11 Å². The van der Waals surface area contributed by atoms with E-state index in [0.29, 0.717) is 0 Å². The molecule has 0 aliphatic rings. The molecule has 0 aromatic rings. The third kappa shape index (κ3) is 5.95. The summed E-state index contributed by atoms with van der Waals surface area (Å²) in [6.07, 6.45) is -1.34. The second-order valence-electron chi connectivity index (χ2n) is 0.995. The van der Waals surface area contributed by atoms with E-state index < -0.39 is 12.1 Å². The molecule has 0 spiro atoms. The van der Waals surface area contributed by atoms with Gasteiger partial charge in [0, 0.05) is 0 Å². The van der Waals surface area contributed by atoms with Gasteiger partial charge in [0.2, 0.25) is 0 Å². The summed E-state index contributed by atoms with van der Waals surface area (Å²) in [5.74, 6) is -1.44. The predicted octanol–water partition coefficient (Wildman–Crippen LogP) is -1.89. The van der Waals surface area contributed by atoms with Gasteiger partial charge in [-0.25, -0.2) is 0 Å². The molecule has 3 nitrogen and oxygen atoms in total. The number of aliphatic hydroxyl groups excluding tert-OH is 1. The van der Waals surface area contributed by atoms with E-state index >= 15 is 0 Å². The smallest absolute Gasteiger partial charge is 0.547 e. The maximum atomic E-state index is 9.34. The molecule has 0 amide bonds. The van der Waals surface area contributed by atoms with Crippen molar-refractivity contribution in [2.75, 3.05) is 0 Å². The van der Waals surface area contributed by atoms with Gasteiger partial charge < -0.3 is 15.0 Å². The van der Waals surface area contributed by atoms with Crippen LogP contribution in [0.15, 0.2) is 0 Å². The van der Waals surface area contributed by atoms with Crippen LogP contribution in [0, 0.1) is 0 Å². The van der Waals surface area contributed by atoms with Gasteiger partial charge in [-0.15, -0.1) is 0 Å². The summed E-state index contributed by atoms with van der Waals surface area (Å²) < 4.78 is 0. The Bertz CT molecular complexity index is 61.2. The molecule has 0 fully saturated rings. The van der Waals surface area contributed by atoms with Gasteiger partial charge in [0.05, 0.1) is 12.1 Å². The van der Waals surface area contributed by atoms with Crippen LogP contribution in [0.2, 0.25) is 0 Å². The van der Waals surface area contributed by atoms with E-state index in [9.17, 15) is 9.90 Å². The second kappa shape index (κ2) is 4.12. The average Bonchev–Trinajstić information content (AvgIpc) is 1.36. The van der Waals surface area contributed by atoms with Crippen LogP contribution in [-0.2, 0) is 21.9 Å². The molecular formula is C3H5FeO3. The molecule has 1 radical (unpaired) electrons. The van der Waals surface area contributed by atoms with Crippen LogP contribution < -0.4 is 5.11 Å². The fraction of sp³-hybridized carbons (Fsp3) is 0.667. The number of rotatable bonds is 1. The van der Waals surface area contributed by atoms with E-state index in [2.05, 4.69) is 0 Å². The molecule has 43 valence electrons. The van der Waals surface area contributed by atoms with Gasteiger partial charge >= 0.3 is 17.1 Å². The Hall–Kier alpha value is -0.0505. The minimum Gasteiger partial charge on any atom is -0.547 e. The maximum absolute atomic E-state index is 9.34. The zero-order valence-corrected chi connectivity index (χ0v) is 4.80. The van der Waals surface area contributed by atoms with E-state index in [1.54, 1.807) is 0 Å². The summed E-state index contributed by atoms with van der Waals surface area (Å²) in [7, 11) is 0. The molecule has 0 heterocycles. The van der Waals surface area contributed by atoms with Gasteiger partial charge in [-0.3, -0.25) is 0 Å². The van der Waals surface area contributed by atoms with Gasteiger partial charge in [-0.05, 0) is 6.92 Å². The first kappa shape index (κ1) is 10.0. The summed E-state index contributed by atoms with van der Waals surface area (Å²) in [5.41, 5.74) is 0. The Labute approximate surface area is 51.8 Å². The van der Waals surface area contributed by atoms with Crippen LogP contribution in [0.25, 0.3) is 0 Å². The first-order valence-electron chi connectivity index (χ1n) is 1.53. The van der Waals surface area contributed by atoms with Gasteiger partial charge in [-0.2, -0.15) is 0 Å². The summed E-state index contributed by atoms with van der Waals surface area (Å²) in [6, 6.07) is 0. The minimum atomic E-state index is -1.44. The number of carbonyl (C=O) groups is 1. The van der Waals surface area contributed by atoms with Crippen molar-refractivity contribution in [2.24, 2.45) is 0 Å². The first-order valence-corrected chi connectivity index (χ1v) is 1.53. The Morgan fingerprint density at radius 3 is 2.00 bits per heavy atom. The fourth-order valence-corrected chi connectivity index (χ4v) is 0. The Balaban J connectivity index is 0. The van der Waals surface area contributed by atoms with E-state index in [1.165, 1.54) is 0 Å². The largest absolute Gasteiger partial charge is 1.00 e. The third-order valence-electron chi connectivity index (χ3n) is 0.341. The van der Waals surface area contributed by atoms with Gasteiger partial charge in [0.25, 0.3) is 0 Å². The SMILES string of the molecule is CC(O)C(=O)[O-].[Fe+]. The summed E-state index contributed by atoms with van der Waals surface area (Å²) in [4.78, 5) is 9.34. The second-order valence-corrected chi connectivity index (χ2v) is 0.995. The molecule has 0 aliphatic heterocycles. The van der Waals surface area contributed by atoms with Crippen molar-refractivity contribution in [2.45, 2.75) is 13.0 Å². The molecule has 0 saturated heterocycles. The summed E-state index contributed by atoms with van der Waals surface area (Å²) in [5, 5.41) is 17.3. The number of aliphatic hydroxyl groups is 1. The van der Waals surface area contributed by atoms with Gasteiger partial charge in [0.15, 0.2) is 0 Å². The standard InChI is InChI=1S/C3H6O3.Fe/c1-2(4)3(5)6;/h2,4H,1H3,(H,5,6);/q;+1/p-1. The molecule has 0 aliphatic carbocycles. The van der Waals surface area contributed by atoms with Crippen LogP contribution in [0.5, 0.6) is 0 Å². The molecule has 1 N–H and O–H groups in total. The van der Waals surface area contributed by atoms with E-state index in [-0.39, 0.29) is 17.1 Å². The molecule has 1 atom stereocenters. The van der Waals surface area contributed by atoms with Gasteiger partial charge in [-0.1, -0.05) is 0 Å². The van der Waals surface area contributed by atoms with Crippen molar-refractivity contribution in [1.29, 1.82) is 0 Å². The molecule has 0 aromatic heterocycles. The Morgan fingerprint density at radius 1 is 1.86 bits per heavy atom. The van der Waals surface area contributed by atoms with Crippen LogP contribution in [0.1, 0.15) is 6.92 Å². The minimum absolute atomic E-state index is 0. The Morgan fingerprint density at radius 2 is 2.00 bits per heavy atom. The molecule has 1 unspecified atom stereocenters. The zero-order valence-electron chi connectivity index (χ0n) is 3.69. The van der Waals surface area contributed by atoms with Crippen molar-refractivity contribution >= 4 is 5.97 Å². The Kier molecular flexibility index (Phi) is 5.91. The zero-order chi connectivity index (χ0) is 5.15. The quantitative estimate of drug-likeness (QED) is 0.439. The number of carboxylic acids is 1. The normalized spacial score (nSPS) is 11.7. The predicted molar refractivity (Wildman–Crippen MR) is 16.7 cm³/mol. The number of hydrogen-bond acceptors (Lipinski definition) is 3. The van der Waals surface area contributed by atoms with Crippen LogP contribution in [0.4, 0.5) is 0 Å². The van der Waals surface area contributed by atoms with Crippen molar-refractivity contribution < 1.29 is 32.1 Å². The third-order valence-corrected chi connectivity index (χ3v) is 0.341. The molecule has 7 heavy (non-hydrogen) atoms. The van der Waals surface area contributed by atoms with Crippen molar-refractivity contribution in [1.82, 2.24) is 0 Å². The molecule has 0 aromatic carbocycles. The molecular weight excluding hydrogens is 140 g/mol. The first-order chi connectivity index (χ1) is 2.64. The van der Waals surface area contributed by atoms with Crippen LogP contribution in [0.3, 0.4) is 0 Å². The topological polar surface area (TPSA) is 60.4 Å². The van der Waals surface area contributed by atoms with E-state index in [0.717, 1.165) is 6.92 Å². The van der Waals surface area contributed by atoms with E-state index in [1.807, 2.05) is 0 Å². The number of hydrogen-bond donors (Lipinski definition) is 1. The molecule has 0 bridgehead atoms. The van der Waals surface area contributed by atoms with Crippen LogP contribution >= 0.6 is 0 Å². The van der Waals surface area contributed by atoms with Crippen molar-refractivity contribution in [3.63, 3.8) is 0 Å². The molecule has 0 saturated carbocycles. The number of aliphatic carboxylic acids is 1. The van der Waals surface area contributed by atoms with Crippen molar-refractivity contribution in [3.05, 3.63) is 0 Å². The molecule has 4 heteroatoms. The summed E-state index contributed by atoms with van der Waals surface area (Å²) >= 11 is 0.